The molecule has 0 radical (unpaired) electrons. The van der Waals surface area contributed by atoms with Gasteiger partial charge >= 0.3 is 5.97 Å². The number of rotatable bonds is 4. The molecule has 0 bridgehead atoms. The summed E-state index contributed by atoms with van der Waals surface area (Å²) in [5, 5.41) is 9.34. The Morgan fingerprint density at radius 3 is 2.23 bits per heavy atom. The summed E-state index contributed by atoms with van der Waals surface area (Å²) in [6.45, 7) is 0. The highest BCUT2D eigenvalue weighted by Crippen LogP contribution is 2.20. The molecule has 0 aliphatic carbocycles. The maximum absolute atomic E-state index is 13.6. The summed E-state index contributed by atoms with van der Waals surface area (Å²) in [6.07, 6.45) is 1.75. The van der Waals surface area contributed by atoms with Crippen molar-refractivity contribution in [1.82, 2.24) is 0 Å². The van der Waals surface area contributed by atoms with Gasteiger partial charge in [-0.2, -0.15) is 5.26 Å². The van der Waals surface area contributed by atoms with Crippen LogP contribution in [-0.4, -0.2) is 5.97 Å². The van der Waals surface area contributed by atoms with E-state index in [2.05, 4.69) is 6.07 Å². The zero-order valence-electron chi connectivity index (χ0n) is 13.7. The Hall–Kier alpha value is -3.71. The van der Waals surface area contributed by atoms with E-state index >= 15 is 0 Å². The molecule has 0 aliphatic heterocycles. The molecule has 3 aromatic carbocycles. The van der Waals surface area contributed by atoms with E-state index in [1.54, 1.807) is 36.4 Å². The molecule has 0 saturated carbocycles. The highest BCUT2D eigenvalue weighted by molar-refractivity contribution is 5.91. The average Bonchev–Trinajstić information content (AvgIpc) is 2.68. The Labute approximate surface area is 150 Å². The van der Waals surface area contributed by atoms with E-state index in [4.69, 9.17) is 4.74 Å². The summed E-state index contributed by atoms with van der Waals surface area (Å²) >= 11 is 0. The smallest absolute Gasteiger partial charge is 0.346 e. The molecule has 0 aromatic heterocycles. The van der Waals surface area contributed by atoms with Gasteiger partial charge in [-0.3, -0.25) is 0 Å². The summed E-state index contributed by atoms with van der Waals surface area (Å²) in [6, 6.07) is 23.8. The first-order chi connectivity index (χ1) is 12.7. The average molecular weight is 343 g/mol. The predicted octanol–water partition coefficient (Wildman–Crippen LogP) is 5.11. The van der Waals surface area contributed by atoms with E-state index in [1.807, 2.05) is 30.3 Å². The van der Waals surface area contributed by atoms with Crippen molar-refractivity contribution in [2.75, 3.05) is 0 Å². The number of ether oxygens (including phenoxy) is 1. The lowest BCUT2D eigenvalue weighted by atomic mass is 10.0. The topological polar surface area (TPSA) is 50.1 Å². The van der Waals surface area contributed by atoms with Gasteiger partial charge in [-0.05, 0) is 41.5 Å². The van der Waals surface area contributed by atoms with Crippen LogP contribution in [0, 0.1) is 17.1 Å². The van der Waals surface area contributed by atoms with Crippen molar-refractivity contribution in [3.8, 4) is 11.8 Å². The maximum Gasteiger partial charge on any atom is 0.346 e. The number of carbonyl (C=O) groups is 1. The van der Waals surface area contributed by atoms with Gasteiger partial charge in [0.2, 0.25) is 0 Å². The third-order valence-electron chi connectivity index (χ3n) is 3.70. The van der Waals surface area contributed by atoms with E-state index in [0.717, 1.165) is 11.1 Å². The molecule has 3 rings (SSSR count). The van der Waals surface area contributed by atoms with Gasteiger partial charge in [0.25, 0.3) is 0 Å². The van der Waals surface area contributed by atoms with Crippen molar-refractivity contribution in [3.63, 3.8) is 0 Å². The molecule has 0 spiro atoms. The molecular formula is C22H14FNO2. The Morgan fingerprint density at radius 1 is 0.923 bits per heavy atom. The van der Waals surface area contributed by atoms with Gasteiger partial charge in [0.05, 0.1) is 17.2 Å². The molecule has 0 amide bonds. The van der Waals surface area contributed by atoms with E-state index in [1.165, 1.54) is 18.2 Å². The fraction of sp³-hybridized carbons (Fsp3) is 0. The zero-order valence-corrected chi connectivity index (χ0v) is 13.7. The number of hydrogen-bond acceptors (Lipinski definition) is 3. The normalized spacial score (nSPS) is 10.8. The monoisotopic (exact) mass is 343 g/mol. The first kappa shape index (κ1) is 17.1. The second kappa shape index (κ2) is 7.91. The predicted molar refractivity (Wildman–Crippen MR) is 97.7 cm³/mol. The highest BCUT2D eigenvalue weighted by atomic mass is 19.1. The van der Waals surface area contributed by atoms with Crippen LogP contribution in [0.15, 0.2) is 78.9 Å². The van der Waals surface area contributed by atoms with Gasteiger partial charge in [0, 0.05) is 0 Å². The van der Waals surface area contributed by atoms with E-state index in [9.17, 15) is 14.4 Å². The highest BCUT2D eigenvalue weighted by Gasteiger charge is 2.13. The third kappa shape index (κ3) is 4.03. The SMILES string of the molecule is N#C/C(=C/c1ccc(OC(=O)c2ccccc2F)cc1)c1ccccc1. The Kier molecular flexibility index (Phi) is 5.21. The lowest BCUT2D eigenvalue weighted by Crippen LogP contribution is -2.10. The van der Waals surface area contributed by atoms with E-state index < -0.39 is 11.8 Å². The van der Waals surface area contributed by atoms with Crippen LogP contribution < -0.4 is 4.74 Å². The van der Waals surface area contributed by atoms with Gasteiger partial charge in [-0.15, -0.1) is 0 Å². The molecule has 3 nitrogen and oxygen atoms in total. The first-order valence-electron chi connectivity index (χ1n) is 7.91. The molecule has 0 unspecified atom stereocenters. The maximum atomic E-state index is 13.6. The zero-order chi connectivity index (χ0) is 18.4. The number of benzene rings is 3. The van der Waals surface area contributed by atoms with E-state index in [0.29, 0.717) is 11.3 Å². The Bertz CT molecular complexity index is 987. The number of esters is 1. The first-order valence-corrected chi connectivity index (χ1v) is 7.91. The van der Waals surface area contributed by atoms with Gasteiger partial charge < -0.3 is 4.74 Å². The Balaban J connectivity index is 1.77. The second-order valence-electron chi connectivity index (χ2n) is 5.47. The van der Waals surface area contributed by atoms with Gasteiger partial charge in [0.15, 0.2) is 0 Å². The Morgan fingerprint density at radius 2 is 1.58 bits per heavy atom. The molecule has 0 aliphatic rings. The molecule has 4 heteroatoms. The molecule has 126 valence electrons. The van der Waals surface area contributed by atoms with Crippen LogP contribution in [0.25, 0.3) is 11.6 Å². The summed E-state index contributed by atoms with van der Waals surface area (Å²) in [7, 11) is 0. The quantitative estimate of drug-likeness (QED) is 0.286. The summed E-state index contributed by atoms with van der Waals surface area (Å²) in [5.41, 5.74) is 2.02. The molecular weight excluding hydrogens is 329 g/mol. The summed E-state index contributed by atoms with van der Waals surface area (Å²) in [5.74, 6) is -1.08. The van der Waals surface area contributed by atoms with Gasteiger partial charge in [-0.25, -0.2) is 9.18 Å². The van der Waals surface area contributed by atoms with Crippen LogP contribution in [-0.2, 0) is 0 Å². The number of hydrogen-bond donors (Lipinski definition) is 0. The third-order valence-corrected chi connectivity index (χ3v) is 3.70. The fourth-order valence-electron chi connectivity index (χ4n) is 2.39. The lowest BCUT2D eigenvalue weighted by Gasteiger charge is -2.05. The molecule has 26 heavy (non-hydrogen) atoms. The van der Waals surface area contributed by atoms with Gasteiger partial charge in [0.1, 0.15) is 11.6 Å². The minimum atomic E-state index is -0.756. The number of halogens is 1. The largest absolute Gasteiger partial charge is 0.423 e. The van der Waals surface area contributed by atoms with Crippen molar-refractivity contribution < 1.29 is 13.9 Å². The van der Waals surface area contributed by atoms with Crippen molar-refractivity contribution in [1.29, 1.82) is 5.26 Å². The summed E-state index contributed by atoms with van der Waals surface area (Å²) < 4.78 is 18.8. The number of allylic oxidation sites excluding steroid dienone is 1. The summed E-state index contributed by atoms with van der Waals surface area (Å²) in [4.78, 5) is 12.0. The van der Waals surface area contributed by atoms with Crippen molar-refractivity contribution in [2.24, 2.45) is 0 Å². The van der Waals surface area contributed by atoms with Crippen LogP contribution >= 0.6 is 0 Å². The number of nitriles is 1. The minimum absolute atomic E-state index is 0.118. The second-order valence-corrected chi connectivity index (χ2v) is 5.47. The van der Waals surface area contributed by atoms with E-state index in [-0.39, 0.29) is 5.56 Å². The molecule has 0 heterocycles. The van der Waals surface area contributed by atoms with Crippen LogP contribution in [0.2, 0.25) is 0 Å². The van der Waals surface area contributed by atoms with Crippen molar-refractivity contribution in [3.05, 3.63) is 101 Å². The number of carbonyl (C=O) groups excluding carboxylic acids is 1. The molecule has 0 N–H and O–H groups in total. The molecule has 0 atom stereocenters. The molecule has 3 aromatic rings. The molecule has 0 saturated heterocycles. The van der Waals surface area contributed by atoms with Crippen LogP contribution in [0.5, 0.6) is 5.75 Å². The fourth-order valence-corrected chi connectivity index (χ4v) is 2.39. The van der Waals surface area contributed by atoms with Crippen molar-refractivity contribution >= 4 is 17.6 Å². The lowest BCUT2D eigenvalue weighted by molar-refractivity contribution is 0.0730. The van der Waals surface area contributed by atoms with Gasteiger partial charge in [-0.1, -0.05) is 54.6 Å². The molecule has 0 fully saturated rings. The van der Waals surface area contributed by atoms with Crippen molar-refractivity contribution in [2.45, 2.75) is 0 Å². The van der Waals surface area contributed by atoms with Crippen LogP contribution in [0.1, 0.15) is 21.5 Å². The minimum Gasteiger partial charge on any atom is -0.423 e. The standard InChI is InChI=1S/C22H14FNO2/c23-21-9-5-4-8-20(21)22(25)26-19-12-10-16(11-13-19)14-18(15-24)17-6-2-1-3-7-17/h1-14H/b18-14-. The van der Waals surface area contributed by atoms with Crippen LogP contribution in [0.4, 0.5) is 4.39 Å². The number of nitrogens with zero attached hydrogens (tertiary/aromatic N) is 1. The van der Waals surface area contributed by atoms with Crippen LogP contribution in [0.3, 0.4) is 0 Å².